The van der Waals surface area contributed by atoms with Gasteiger partial charge in [0.05, 0.1) is 18.5 Å². The Kier molecular flexibility index (Phi) is 7.32. The van der Waals surface area contributed by atoms with Gasteiger partial charge in [-0.15, -0.1) is 0 Å². The van der Waals surface area contributed by atoms with Gasteiger partial charge in [-0.3, -0.25) is 0 Å². The average molecular weight is 494 g/mol. The fourth-order valence-electron chi connectivity index (χ4n) is 3.21. The Bertz CT molecular complexity index is 928. The minimum atomic E-state index is -0.708. The zero-order valence-electron chi connectivity index (χ0n) is 18.4. The summed E-state index contributed by atoms with van der Waals surface area (Å²) in [5.74, 6) is 0.771. The summed E-state index contributed by atoms with van der Waals surface area (Å²) < 4.78 is 18.1. The Labute approximate surface area is 190 Å². The number of halogens is 1. The molecule has 0 unspecified atom stereocenters. The zero-order chi connectivity index (χ0) is 22.6. The van der Waals surface area contributed by atoms with Gasteiger partial charge in [-0.1, -0.05) is 0 Å². The molecular formula is C21H28BrN5O4. The summed E-state index contributed by atoms with van der Waals surface area (Å²) in [6.07, 6.45) is 2.46. The number of piperidine rings is 1. The van der Waals surface area contributed by atoms with Gasteiger partial charge in [-0.2, -0.15) is 4.98 Å². The van der Waals surface area contributed by atoms with E-state index >= 15 is 0 Å². The number of nitrogens with one attached hydrogen (secondary N) is 1. The molecule has 9 nitrogen and oxygen atoms in total. The Morgan fingerprint density at radius 1 is 1.23 bits per heavy atom. The number of methoxy groups -OCH3 is 1. The summed E-state index contributed by atoms with van der Waals surface area (Å²) in [6, 6.07) is 3.52. The number of hydrogen-bond acceptors (Lipinski definition) is 8. The monoisotopic (exact) mass is 493 g/mol. The fraction of sp³-hybridized carbons (Fsp3) is 0.524. The van der Waals surface area contributed by atoms with E-state index in [1.165, 1.54) is 18.3 Å². The Morgan fingerprint density at radius 2 is 1.94 bits per heavy atom. The van der Waals surface area contributed by atoms with Gasteiger partial charge in [0, 0.05) is 0 Å². The van der Waals surface area contributed by atoms with Crippen molar-refractivity contribution < 1.29 is 19.0 Å². The summed E-state index contributed by atoms with van der Waals surface area (Å²) in [4.78, 5) is 27.6. The number of amides is 1. The molecule has 1 amide bonds. The molecule has 0 aromatic carbocycles. The lowest BCUT2D eigenvalue weighted by Gasteiger charge is -2.29. The molecule has 1 aliphatic rings. The maximum absolute atomic E-state index is 13.3. The van der Waals surface area contributed by atoms with Gasteiger partial charge in [-0.05, 0) is 81.7 Å². The molecule has 31 heavy (non-hydrogen) atoms. The van der Waals surface area contributed by atoms with Crippen LogP contribution < -0.4 is 19.7 Å². The van der Waals surface area contributed by atoms with Crippen molar-refractivity contribution in [1.82, 2.24) is 20.3 Å². The summed E-state index contributed by atoms with van der Waals surface area (Å²) in [5.41, 5.74) is 0.421. The first-order valence-electron chi connectivity index (χ1n) is 10.1. The van der Waals surface area contributed by atoms with E-state index in [1.807, 2.05) is 0 Å². The predicted molar refractivity (Wildman–Crippen MR) is 120 cm³/mol. The molecule has 168 valence electrons. The van der Waals surface area contributed by atoms with Gasteiger partial charge in [-0.25, -0.2) is 19.7 Å². The highest BCUT2D eigenvalue weighted by atomic mass is 79.9. The largest absolute Gasteiger partial charge is 0.489 e. The Balaban J connectivity index is 2.07. The van der Waals surface area contributed by atoms with Gasteiger partial charge in [0.2, 0.25) is 5.75 Å². The third-order valence-electron chi connectivity index (χ3n) is 4.57. The van der Waals surface area contributed by atoms with Crippen LogP contribution in [0, 0.1) is 6.92 Å². The molecule has 3 heterocycles. The maximum atomic E-state index is 13.3. The Hall–Kier alpha value is -2.46. The highest BCUT2D eigenvalue weighted by Gasteiger charge is 2.32. The topological polar surface area (TPSA) is 98.7 Å². The molecule has 0 saturated carbocycles. The van der Waals surface area contributed by atoms with Crippen molar-refractivity contribution >= 4 is 33.5 Å². The fourth-order valence-corrected chi connectivity index (χ4v) is 3.61. The number of anilines is 2. The van der Waals surface area contributed by atoms with Gasteiger partial charge in [0.1, 0.15) is 22.6 Å². The number of ether oxygens (including phenoxy) is 3. The summed E-state index contributed by atoms with van der Waals surface area (Å²) in [7, 11) is 1.50. The first-order chi connectivity index (χ1) is 14.7. The van der Waals surface area contributed by atoms with Crippen LogP contribution in [-0.4, -0.2) is 52.9 Å². The van der Waals surface area contributed by atoms with E-state index < -0.39 is 11.7 Å². The quantitative estimate of drug-likeness (QED) is 0.619. The number of hydrogen-bond donors (Lipinski definition) is 1. The second kappa shape index (κ2) is 9.78. The van der Waals surface area contributed by atoms with Crippen molar-refractivity contribution in [1.29, 1.82) is 0 Å². The second-order valence-electron chi connectivity index (χ2n) is 8.16. The third kappa shape index (κ3) is 5.82. The molecule has 1 fully saturated rings. The molecule has 2 aromatic heterocycles. The van der Waals surface area contributed by atoms with Crippen LogP contribution in [0.15, 0.2) is 23.1 Å². The number of carbonyl (C=O) groups excluding carboxylic acids is 1. The lowest BCUT2D eigenvalue weighted by molar-refractivity contribution is 0.0596. The van der Waals surface area contributed by atoms with Crippen LogP contribution in [0.2, 0.25) is 0 Å². The van der Waals surface area contributed by atoms with Crippen molar-refractivity contribution in [3.8, 4) is 11.6 Å². The molecule has 10 heteroatoms. The van der Waals surface area contributed by atoms with Crippen LogP contribution in [0.5, 0.6) is 11.6 Å². The highest BCUT2D eigenvalue weighted by molar-refractivity contribution is 9.10. The second-order valence-corrected chi connectivity index (χ2v) is 8.97. The minimum Gasteiger partial charge on any atom is -0.489 e. The molecule has 0 radical (unpaired) electrons. The van der Waals surface area contributed by atoms with Crippen LogP contribution >= 0.6 is 15.9 Å². The molecule has 2 aromatic rings. The summed E-state index contributed by atoms with van der Waals surface area (Å²) in [5, 5.41) is 3.30. The van der Waals surface area contributed by atoms with Crippen molar-refractivity contribution in [2.24, 2.45) is 0 Å². The number of nitrogens with zero attached hydrogens (tertiary/aromatic N) is 4. The van der Waals surface area contributed by atoms with Crippen LogP contribution in [0.4, 0.5) is 16.3 Å². The molecule has 1 aliphatic heterocycles. The number of aryl methyl sites for hydroxylation is 1. The first kappa shape index (κ1) is 23.2. The van der Waals surface area contributed by atoms with Crippen LogP contribution in [-0.2, 0) is 4.74 Å². The van der Waals surface area contributed by atoms with E-state index in [-0.39, 0.29) is 23.6 Å². The molecule has 1 saturated heterocycles. The molecule has 0 bridgehead atoms. The van der Waals surface area contributed by atoms with Gasteiger partial charge < -0.3 is 19.5 Å². The number of aromatic nitrogens is 3. The van der Waals surface area contributed by atoms with E-state index in [0.717, 1.165) is 25.9 Å². The van der Waals surface area contributed by atoms with E-state index in [9.17, 15) is 4.79 Å². The minimum absolute atomic E-state index is 0.00367. The molecule has 0 aliphatic carbocycles. The standard InChI is InChI=1S/C21H28BrN5O4/c1-13-15(6-7-16(22)26-13)27(20(28)31-21(2,3)4)18-17(29-5)19(25-12-24-18)30-14-8-10-23-11-9-14/h6-7,12,14,23H,8-11H2,1-5H3. The third-order valence-corrected chi connectivity index (χ3v) is 5.02. The van der Waals surface area contributed by atoms with E-state index in [2.05, 4.69) is 36.2 Å². The highest BCUT2D eigenvalue weighted by Crippen LogP contribution is 2.40. The van der Waals surface area contributed by atoms with Crippen LogP contribution in [0.1, 0.15) is 39.3 Å². The number of rotatable bonds is 5. The maximum Gasteiger partial charge on any atom is 0.420 e. The summed E-state index contributed by atoms with van der Waals surface area (Å²) in [6.45, 7) is 8.96. The number of pyridine rings is 1. The first-order valence-corrected chi connectivity index (χ1v) is 10.9. The molecule has 0 spiro atoms. The zero-order valence-corrected chi connectivity index (χ0v) is 20.0. The van der Waals surface area contributed by atoms with Crippen molar-refractivity contribution in [2.45, 2.75) is 52.2 Å². The molecule has 1 N–H and O–H groups in total. The average Bonchev–Trinajstić information content (AvgIpc) is 2.69. The van der Waals surface area contributed by atoms with Gasteiger partial charge in [0.25, 0.3) is 5.88 Å². The summed E-state index contributed by atoms with van der Waals surface area (Å²) >= 11 is 3.36. The van der Waals surface area contributed by atoms with Gasteiger partial charge >= 0.3 is 6.09 Å². The van der Waals surface area contributed by atoms with Crippen LogP contribution in [0.3, 0.4) is 0 Å². The van der Waals surface area contributed by atoms with Crippen LogP contribution in [0.25, 0.3) is 0 Å². The van der Waals surface area contributed by atoms with E-state index in [4.69, 9.17) is 14.2 Å². The Morgan fingerprint density at radius 3 is 2.55 bits per heavy atom. The normalized spacial score (nSPS) is 14.8. The SMILES string of the molecule is COc1c(OC2CCNCC2)ncnc1N(C(=O)OC(C)(C)C)c1ccc(Br)nc1C. The van der Waals surface area contributed by atoms with Crippen molar-refractivity contribution in [3.63, 3.8) is 0 Å². The van der Waals surface area contributed by atoms with Crippen molar-refractivity contribution in [3.05, 3.63) is 28.8 Å². The van der Waals surface area contributed by atoms with Crippen molar-refractivity contribution in [2.75, 3.05) is 25.1 Å². The smallest absolute Gasteiger partial charge is 0.420 e. The van der Waals surface area contributed by atoms with Gasteiger partial charge in [0.15, 0.2) is 5.82 Å². The predicted octanol–water partition coefficient (Wildman–Crippen LogP) is 4.16. The lowest BCUT2D eigenvalue weighted by Crippen LogP contribution is -2.36. The van der Waals surface area contributed by atoms with E-state index in [0.29, 0.717) is 16.0 Å². The molecule has 0 atom stereocenters. The van der Waals surface area contributed by atoms with E-state index in [1.54, 1.807) is 39.8 Å². The molecule has 3 rings (SSSR count). The molecular weight excluding hydrogens is 466 g/mol. The number of carbonyl (C=O) groups is 1. The lowest BCUT2D eigenvalue weighted by atomic mass is 10.1.